The number of nitrogens with one attached hydrogen (secondary N) is 1. The zero-order valence-corrected chi connectivity index (χ0v) is 11.6. The minimum Gasteiger partial charge on any atom is -0.469 e. The van der Waals surface area contributed by atoms with Crippen molar-refractivity contribution in [2.75, 3.05) is 26.3 Å². The maximum absolute atomic E-state index is 5.52. The normalized spacial score (nSPS) is 19.3. The molecule has 0 aromatic carbocycles. The van der Waals surface area contributed by atoms with Crippen LogP contribution >= 0.6 is 0 Å². The van der Waals surface area contributed by atoms with Crippen molar-refractivity contribution in [3.05, 3.63) is 24.2 Å². The molecule has 0 saturated carbocycles. The fraction of sp³-hybridized carbons (Fsp3) is 0.733. The van der Waals surface area contributed by atoms with Gasteiger partial charge in [-0.2, -0.15) is 0 Å². The average molecular weight is 251 g/mol. The van der Waals surface area contributed by atoms with Gasteiger partial charge in [-0.1, -0.05) is 13.8 Å². The quantitative estimate of drug-likeness (QED) is 0.844. The molecule has 1 aromatic heterocycles. The second-order valence-corrected chi connectivity index (χ2v) is 5.89. The predicted octanol–water partition coefficient (Wildman–Crippen LogP) is 2.86. The summed E-state index contributed by atoms with van der Waals surface area (Å²) in [4.78, 5) is 0. The standard InChI is InChI=1S/C15H25NO2/c1-13(2)11-16-12-15(5-8-17-9-6-15)10-14-4-3-7-18-14/h3-4,7,13,16H,5-6,8-12H2,1-2H3. The molecule has 2 rings (SSSR count). The number of rotatable bonds is 6. The molecule has 1 fully saturated rings. The molecule has 0 spiro atoms. The van der Waals surface area contributed by atoms with Crippen molar-refractivity contribution in [1.29, 1.82) is 0 Å². The molecule has 0 aliphatic carbocycles. The van der Waals surface area contributed by atoms with Gasteiger partial charge < -0.3 is 14.5 Å². The molecule has 18 heavy (non-hydrogen) atoms. The molecule has 1 aromatic rings. The molecule has 1 aliphatic heterocycles. The van der Waals surface area contributed by atoms with Crippen LogP contribution in [0.4, 0.5) is 0 Å². The number of hydrogen-bond donors (Lipinski definition) is 1. The molecule has 3 heteroatoms. The summed E-state index contributed by atoms with van der Waals surface area (Å²) in [5.41, 5.74) is 0.311. The lowest BCUT2D eigenvalue weighted by molar-refractivity contribution is 0.0124. The Bertz CT molecular complexity index is 326. The van der Waals surface area contributed by atoms with Crippen molar-refractivity contribution in [3.8, 4) is 0 Å². The van der Waals surface area contributed by atoms with Crippen LogP contribution in [0.25, 0.3) is 0 Å². The van der Waals surface area contributed by atoms with Gasteiger partial charge in [-0.3, -0.25) is 0 Å². The van der Waals surface area contributed by atoms with Crippen LogP contribution in [0.15, 0.2) is 22.8 Å². The van der Waals surface area contributed by atoms with Crippen LogP contribution in [0.1, 0.15) is 32.4 Å². The topological polar surface area (TPSA) is 34.4 Å². The largest absolute Gasteiger partial charge is 0.469 e. The van der Waals surface area contributed by atoms with Crippen molar-refractivity contribution in [1.82, 2.24) is 5.32 Å². The first kappa shape index (κ1) is 13.6. The van der Waals surface area contributed by atoms with E-state index in [4.69, 9.17) is 9.15 Å². The Balaban J connectivity index is 1.94. The highest BCUT2D eigenvalue weighted by atomic mass is 16.5. The van der Waals surface area contributed by atoms with Gasteiger partial charge in [-0.15, -0.1) is 0 Å². The van der Waals surface area contributed by atoms with Crippen LogP contribution in [0.5, 0.6) is 0 Å². The van der Waals surface area contributed by atoms with Crippen molar-refractivity contribution in [2.24, 2.45) is 11.3 Å². The zero-order valence-electron chi connectivity index (χ0n) is 11.6. The summed E-state index contributed by atoms with van der Waals surface area (Å²) in [5.74, 6) is 1.80. The first-order valence-corrected chi connectivity index (χ1v) is 7.01. The molecular formula is C15H25NO2. The Kier molecular flexibility index (Phi) is 4.84. The van der Waals surface area contributed by atoms with E-state index in [9.17, 15) is 0 Å². The molecular weight excluding hydrogens is 226 g/mol. The van der Waals surface area contributed by atoms with Crippen molar-refractivity contribution < 1.29 is 9.15 Å². The Morgan fingerprint density at radius 3 is 2.72 bits per heavy atom. The highest BCUT2D eigenvalue weighted by Gasteiger charge is 2.33. The maximum Gasteiger partial charge on any atom is 0.104 e. The molecule has 0 bridgehead atoms. The minimum atomic E-state index is 0.311. The van der Waals surface area contributed by atoms with Crippen molar-refractivity contribution in [2.45, 2.75) is 33.1 Å². The molecule has 1 aliphatic rings. The van der Waals surface area contributed by atoms with Gasteiger partial charge in [-0.05, 0) is 42.9 Å². The lowest BCUT2D eigenvalue weighted by atomic mass is 9.76. The monoisotopic (exact) mass is 251 g/mol. The lowest BCUT2D eigenvalue weighted by Gasteiger charge is -2.37. The molecule has 0 radical (unpaired) electrons. The van der Waals surface area contributed by atoms with Gasteiger partial charge in [0, 0.05) is 26.2 Å². The highest BCUT2D eigenvalue weighted by molar-refractivity contribution is 5.03. The van der Waals surface area contributed by atoms with Crippen LogP contribution < -0.4 is 5.32 Å². The van der Waals surface area contributed by atoms with E-state index in [1.54, 1.807) is 6.26 Å². The van der Waals surface area contributed by atoms with E-state index in [2.05, 4.69) is 25.2 Å². The second kappa shape index (κ2) is 6.39. The minimum absolute atomic E-state index is 0.311. The fourth-order valence-corrected chi connectivity index (χ4v) is 2.63. The van der Waals surface area contributed by atoms with E-state index in [0.717, 1.165) is 51.3 Å². The summed E-state index contributed by atoms with van der Waals surface area (Å²) in [6.45, 7) is 8.40. The number of hydrogen-bond acceptors (Lipinski definition) is 3. The summed E-state index contributed by atoms with van der Waals surface area (Å²) in [5, 5.41) is 3.61. The molecule has 1 saturated heterocycles. The van der Waals surface area contributed by atoms with Gasteiger partial charge in [-0.25, -0.2) is 0 Å². The summed E-state index contributed by atoms with van der Waals surface area (Å²) >= 11 is 0. The van der Waals surface area contributed by atoms with Gasteiger partial charge in [0.05, 0.1) is 6.26 Å². The molecule has 0 unspecified atom stereocenters. The first-order valence-electron chi connectivity index (χ1n) is 7.01. The highest BCUT2D eigenvalue weighted by Crippen LogP contribution is 2.33. The van der Waals surface area contributed by atoms with Crippen LogP contribution in [-0.2, 0) is 11.2 Å². The smallest absolute Gasteiger partial charge is 0.104 e. The van der Waals surface area contributed by atoms with Crippen LogP contribution in [0.3, 0.4) is 0 Å². The first-order chi connectivity index (χ1) is 8.70. The van der Waals surface area contributed by atoms with E-state index in [1.807, 2.05) is 6.07 Å². The van der Waals surface area contributed by atoms with Gasteiger partial charge in [0.25, 0.3) is 0 Å². The third-order valence-corrected chi connectivity index (χ3v) is 3.74. The Morgan fingerprint density at radius 2 is 2.11 bits per heavy atom. The lowest BCUT2D eigenvalue weighted by Crippen LogP contribution is -2.41. The van der Waals surface area contributed by atoms with E-state index in [-0.39, 0.29) is 0 Å². The second-order valence-electron chi connectivity index (χ2n) is 5.89. The average Bonchev–Trinajstić information content (AvgIpc) is 2.82. The molecule has 102 valence electrons. The third-order valence-electron chi connectivity index (χ3n) is 3.74. The molecule has 0 amide bonds. The Hall–Kier alpha value is -0.800. The van der Waals surface area contributed by atoms with Crippen molar-refractivity contribution >= 4 is 0 Å². The molecule has 1 N–H and O–H groups in total. The predicted molar refractivity (Wildman–Crippen MR) is 72.6 cm³/mol. The summed E-state index contributed by atoms with van der Waals surface area (Å²) in [6.07, 6.45) is 5.04. The van der Waals surface area contributed by atoms with Gasteiger partial charge in [0.15, 0.2) is 0 Å². The molecule has 0 atom stereocenters. The SMILES string of the molecule is CC(C)CNCC1(Cc2ccco2)CCOCC1. The third kappa shape index (κ3) is 3.85. The van der Waals surface area contributed by atoms with Crippen LogP contribution in [0, 0.1) is 11.3 Å². The summed E-state index contributed by atoms with van der Waals surface area (Å²) in [7, 11) is 0. The van der Waals surface area contributed by atoms with Crippen LogP contribution in [0.2, 0.25) is 0 Å². The van der Waals surface area contributed by atoms with E-state index in [0.29, 0.717) is 11.3 Å². The van der Waals surface area contributed by atoms with Gasteiger partial charge in [0.2, 0.25) is 0 Å². The van der Waals surface area contributed by atoms with E-state index in [1.165, 1.54) is 0 Å². The Labute approximate surface area is 110 Å². The Morgan fingerprint density at radius 1 is 1.33 bits per heavy atom. The van der Waals surface area contributed by atoms with Crippen LogP contribution in [-0.4, -0.2) is 26.3 Å². The summed E-state index contributed by atoms with van der Waals surface area (Å²) in [6, 6.07) is 4.06. The maximum atomic E-state index is 5.52. The van der Waals surface area contributed by atoms with E-state index < -0.39 is 0 Å². The van der Waals surface area contributed by atoms with Gasteiger partial charge in [0.1, 0.15) is 5.76 Å². The fourth-order valence-electron chi connectivity index (χ4n) is 2.63. The summed E-state index contributed by atoms with van der Waals surface area (Å²) < 4.78 is 11.0. The number of furan rings is 1. The molecule has 3 nitrogen and oxygen atoms in total. The zero-order chi connectivity index (χ0) is 12.8. The number of ether oxygens (including phenoxy) is 1. The van der Waals surface area contributed by atoms with Crippen molar-refractivity contribution in [3.63, 3.8) is 0 Å². The van der Waals surface area contributed by atoms with Gasteiger partial charge >= 0.3 is 0 Å². The van der Waals surface area contributed by atoms with E-state index >= 15 is 0 Å². The molecule has 2 heterocycles.